The first-order valence-corrected chi connectivity index (χ1v) is 9.51. The number of carbonyl (C=O) groups excluding carboxylic acids is 1. The van der Waals surface area contributed by atoms with Crippen LogP contribution < -0.4 is 15.0 Å². The standard InChI is InChI=1S/C24H18N2O4/c1-29-19-11-12-25-18(23(19)30-2)13-26-21-15-8-4-5-9-16(15)22(27)20(21)14-7-3-6-10-17(14)24(26)28/h3-12H,13H2,1-2H3. The molecule has 2 aromatic carbocycles. The lowest BCUT2D eigenvalue weighted by molar-refractivity contribution is 0.104. The van der Waals surface area contributed by atoms with E-state index in [1.807, 2.05) is 30.3 Å². The molecule has 0 unspecified atom stereocenters. The van der Waals surface area contributed by atoms with Gasteiger partial charge in [-0.25, -0.2) is 0 Å². The van der Waals surface area contributed by atoms with Crippen molar-refractivity contribution in [3.05, 3.63) is 88.0 Å². The summed E-state index contributed by atoms with van der Waals surface area (Å²) in [7, 11) is 3.09. The number of ketones is 1. The van der Waals surface area contributed by atoms with Gasteiger partial charge in [-0.15, -0.1) is 0 Å². The van der Waals surface area contributed by atoms with Crippen LogP contribution in [0.25, 0.3) is 22.0 Å². The van der Waals surface area contributed by atoms with Crippen LogP contribution in [0.15, 0.2) is 65.6 Å². The summed E-state index contributed by atoms with van der Waals surface area (Å²) in [5.41, 5.74) is 2.89. The molecule has 0 bridgehead atoms. The second kappa shape index (κ2) is 6.84. The van der Waals surface area contributed by atoms with E-state index in [1.165, 1.54) is 7.11 Å². The maximum atomic E-state index is 13.5. The van der Waals surface area contributed by atoms with E-state index >= 15 is 0 Å². The van der Waals surface area contributed by atoms with Gasteiger partial charge in [0.15, 0.2) is 17.3 Å². The van der Waals surface area contributed by atoms with Crippen LogP contribution in [0.3, 0.4) is 0 Å². The number of rotatable bonds is 4. The Kier molecular flexibility index (Phi) is 4.13. The number of hydrogen-bond donors (Lipinski definition) is 0. The second-order valence-corrected chi connectivity index (χ2v) is 7.03. The molecule has 6 heteroatoms. The highest BCUT2D eigenvalue weighted by Gasteiger charge is 2.32. The van der Waals surface area contributed by atoms with Crippen molar-refractivity contribution in [1.82, 2.24) is 9.55 Å². The van der Waals surface area contributed by atoms with Crippen LogP contribution in [0.2, 0.25) is 0 Å². The van der Waals surface area contributed by atoms with Gasteiger partial charge in [0.1, 0.15) is 5.69 Å². The number of nitrogens with zero attached hydrogens (tertiary/aromatic N) is 2. The fraction of sp³-hybridized carbons (Fsp3) is 0.125. The van der Waals surface area contributed by atoms with Gasteiger partial charge in [0.2, 0.25) is 0 Å². The van der Waals surface area contributed by atoms with Crippen LogP contribution in [0.1, 0.15) is 21.6 Å². The molecule has 0 atom stereocenters. The third-order valence-corrected chi connectivity index (χ3v) is 5.51. The maximum absolute atomic E-state index is 13.5. The molecule has 0 radical (unpaired) electrons. The zero-order chi connectivity index (χ0) is 20.8. The molecule has 0 spiro atoms. The average Bonchev–Trinajstić information content (AvgIpc) is 3.09. The molecule has 2 aromatic heterocycles. The zero-order valence-corrected chi connectivity index (χ0v) is 16.5. The lowest BCUT2D eigenvalue weighted by Crippen LogP contribution is -2.24. The normalized spacial score (nSPS) is 12.0. The van der Waals surface area contributed by atoms with Crippen LogP contribution in [-0.2, 0) is 6.54 Å². The summed E-state index contributed by atoms with van der Waals surface area (Å²) < 4.78 is 12.5. The fourth-order valence-electron chi connectivity index (χ4n) is 4.19. The lowest BCUT2D eigenvalue weighted by Gasteiger charge is -2.17. The minimum atomic E-state index is -0.180. The molecule has 4 aromatic rings. The van der Waals surface area contributed by atoms with E-state index in [0.29, 0.717) is 44.8 Å². The van der Waals surface area contributed by atoms with E-state index < -0.39 is 0 Å². The molecule has 30 heavy (non-hydrogen) atoms. The van der Waals surface area contributed by atoms with Gasteiger partial charge in [0, 0.05) is 34.2 Å². The molecule has 2 heterocycles. The molecule has 0 N–H and O–H groups in total. The highest BCUT2D eigenvalue weighted by molar-refractivity contribution is 6.26. The van der Waals surface area contributed by atoms with Crippen LogP contribution in [0, 0.1) is 0 Å². The first-order valence-electron chi connectivity index (χ1n) is 9.51. The summed E-state index contributed by atoms with van der Waals surface area (Å²) in [6.45, 7) is 0.147. The molecule has 0 fully saturated rings. The summed E-state index contributed by atoms with van der Waals surface area (Å²) in [5, 5.41) is 1.17. The summed E-state index contributed by atoms with van der Waals surface area (Å²) in [5.74, 6) is 0.923. The van der Waals surface area contributed by atoms with Gasteiger partial charge in [-0.1, -0.05) is 42.5 Å². The quantitative estimate of drug-likeness (QED) is 0.462. The van der Waals surface area contributed by atoms with Crippen molar-refractivity contribution in [3.8, 4) is 22.8 Å². The van der Waals surface area contributed by atoms with Gasteiger partial charge in [-0.2, -0.15) is 0 Å². The average molecular weight is 398 g/mol. The highest BCUT2D eigenvalue weighted by Crippen LogP contribution is 2.40. The van der Waals surface area contributed by atoms with Gasteiger partial charge >= 0.3 is 0 Å². The van der Waals surface area contributed by atoms with Crippen molar-refractivity contribution in [2.75, 3.05) is 14.2 Å². The number of ether oxygens (including phenoxy) is 2. The predicted octanol–water partition coefficient (Wildman–Crippen LogP) is 3.67. The molecule has 0 saturated carbocycles. The van der Waals surface area contributed by atoms with Crippen molar-refractivity contribution in [2.24, 2.45) is 0 Å². The number of fused-ring (bicyclic) bond motifs is 5. The Morgan fingerprint density at radius 1 is 0.867 bits per heavy atom. The summed E-state index contributed by atoms with van der Waals surface area (Å²) in [4.78, 5) is 31.2. The van der Waals surface area contributed by atoms with Crippen molar-refractivity contribution >= 4 is 16.6 Å². The smallest absolute Gasteiger partial charge is 0.259 e. The number of pyridine rings is 2. The van der Waals surface area contributed by atoms with Gasteiger partial charge in [-0.3, -0.25) is 14.6 Å². The van der Waals surface area contributed by atoms with Crippen LogP contribution >= 0.6 is 0 Å². The van der Waals surface area contributed by atoms with Gasteiger partial charge in [0.25, 0.3) is 5.56 Å². The third kappa shape index (κ3) is 2.47. The Balaban J connectivity index is 1.85. The Hall–Kier alpha value is -3.93. The van der Waals surface area contributed by atoms with Crippen molar-refractivity contribution in [1.29, 1.82) is 0 Å². The van der Waals surface area contributed by atoms with Crippen molar-refractivity contribution < 1.29 is 14.3 Å². The predicted molar refractivity (Wildman–Crippen MR) is 114 cm³/mol. The minimum Gasteiger partial charge on any atom is -0.493 e. The summed E-state index contributed by atoms with van der Waals surface area (Å²) in [6.07, 6.45) is 1.61. The van der Waals surface area contributed by atoms with Crippen molar-refractivity contribution in [2.45, 2.75) is 6.54 Å². The minimum absolute atomic E-state index is 0.0730. The molecule has 6 nitrogen and oxygen atoms in total. The number of methoxy groups -OCH3 is 2. The molecule has 0 amide bonds. The Labute approximate surface area is 172 Å². The van der Waals surface area contributed by atoms with E-state index in [9.17, 15) is 9.59 Å². The largest absolute Gasteiger partial charge is 0.493 e. The summed E-state index contributed by atoms with van der Waals surface area (Å²) in [6, 6.07) is 16.3. The topological polar surface area (TPSA) is 70.4 Å². The van der Waals surface area contributed by atoms with E-state index in [2.05, 4.69) is 4.98 Å². The summed E-state index contributed by atoms with van der Waals surface area (Å²) >= 11 is 0. The molecule has 1 aliphatic rings. The zero-order valence-electron chi connectivity index (χ0n) is 16.5. The van der Waals surface area contributed by atoms with E-state index in [1.54, 1.807) is 42.1 Å². The maximum Gasteiger partial charge on any atom is 0.259 e. The Bertz CT molecular complexity index is 1390. The molecule has 1 aliphatic carbocycles. The van der Waals surface area contributed by atoms with Gasteiger partial charge < -0.3 is 14.0 Å². The molecular weight excluding hydrogens is 380 g/mol. The van der Waals surface area contributed by atoms with E-state index in [-0.39, 0.29) is 17.9 Å². The number of hydrogen-bond acceptors (Lipinski definition) is 5. The first-order chi connectivity index (χ1) is 14.7. The first kappa shape index (κ1) is 18.1. The monoisotopic (exact) mass is 398 g/mol. The van der Waals surface area contributed by atoms with E-state index in [0.717, 1.165) is 5.56 Å². The van der Waals surface area contributed by atoms with Crippen LogP contribution in [0.5, 0.6) is 11.5 Å². The van der Waals surface area contributed by atoms with Crippen molar-refractivity contribution in [3.63, 3.8) is 0 Å². The molecular formula is C24H18N2O4. The fourth-order valence-corrected chi connectivity index (χ4v) is 4.19. The molecule has 0 aliphatic heterocycles. The van der Waals surface area contributed by atoms with Crippen LogP contribution in [-0.4, -0.2) is 29.6 Å². The Morgan fingerprint density at radius 3 is 2.30 bits per heavy atom. The van der Waals surface area contributed by atoms with Crippen LogP contribution in [0.4, 0.5) is 0 Å². The van der Waals surface area contributed by atoms with Gasteiger partial charge in [0.05, 0.1) is 32.0 Å². The number of carbonyl (C=O) groups is 1. The molecule has 5 rings (SSSR count). The highest BCUT2D eigenvalue weighted by atomic mass is 16.5. The van der Waals surface area contributed by atoms with E-state index in [4.69, 9.17) is 9.47 Å². The number of benzene rings is 2. The lowest BCUT2D eigenvalue weighted by atomic mass is 10.0. The molecule has 148 valence electrons. The SMILES string of the molecule is COc1ccnc(Cn2c3c(c4ccccc4c2=O)C(=O)c2ccccc2-3)c1OC. The second-order valence-electron chi connectivity index (χ2n) is 7.03. The Morgan fingerprint density at radius 2 is 1.57 bits per heavy atom. The van der Waals surface area contributed by atoms with Gasteiger partial charge in [-0.05, 0) is 6.07 Å². The number of aromatic nitrogens is 2. The molecule has 0 saturated heterocycles. The third-order valence-electron chi connectivity index (χ3n) is 5.51.